The van der Waals surface area contributed by atoms with Gasteiger partial charge in [-0.2, -0.15) is 0 Å². The second kappa shape index (κ2) is 8.76. The van der Waals surface area contributed by atoms with Crippen molar-refractivity contribution in [2.45, 2.75) is 56.0 Å². The first-order valence-electron chi connectivity index (χ1n) is 8.07. The van der Waals surface area contributed by atoms with Gasteiger partial charge in [0, 0.05) is 29.3 Å². The molecule has 1 aromatic carbocycles. The topological polar surface area (TPSA) is 29.3 Å². The monoisotopic (exact) mass is 310 g/mol. The standard InChI is InChI=1S/C17H27FN2S/c1-2-11-20(15-9-7-14(19)8-10-15)12-13-21-17-6-4-3-5-16(17)18/h3-6,14-15H,2,7-13,19H2,1H3. The Morgan fingerprint density at radius 3 is 2.57 bits per heavy atom. The third-order valence-electron chi connectivity index (χ3n) is 4.24. The van der Waals surface area contributed by atoms with Crippen LogP contribution in [0.4, 0.5) is 4.39 Å². The summed E-state index contributed by atoms with van der Waals surface area (Å²) >= 11 is 1.62. The van der Waals surface area contributed by atoms with Crippen LogP contribution in [0.5, 0.6) is 0 Å². The normalized spacial score (nSPS) is 22.7. The lowest BCUT2D eigenvalue weighted by Crippen LogP contribution is -2.42. The van der Waals surface area contributed by atoms with E-state index in [1.807, 2.05) is 12.1 Å². The Kier molecular flexibility index (Phi) is 7.00. The van der Waals surface area contributed by atoms with E-state index in [0.717, 1.165) is 36.6 Å². The largest absolute Gasteiger partial charge is 0.328 e. The lowest BCUT2D eigenvalue weighted by atomic mass is 9.90. The van der Waals surface area contributed by atoms with Crippen molar-refractivity contribution >= 4 is 11.8 Å². The third-order valence-corrected chi connectivity index (χ3v) is 5.27. The van der Waals surface area contributed by atoms with Crippen molar-refractivity contribution in [2.75, 3.05) is 18.8 Å². The van der Waals surface area contributed by atoms with Crippen LogP contribution in [0.15, 0.2) is 29.2 Å². The van der Waals surface area contributed by atoms with Crippen LogP contribution in [-0.4, -0.2) is 35.8 Å². The number of nitrogens with zero attached hydrogens (tertiary/aromatic N) is 1. The van der Waals surface area contributed by atoms with Gasteiger partial charge in [-0.15, -0.1) is 11.8 Å². The minimum absolute atomic E-state index is 0.104. The van der Waals surface area contributed by atoms with Gasteiger partial charge in [0.05, 0.1) is 0 Å². The van der Waals surface area contributed by atoms with E-state index in [-0.39, 0.29) is 5.82 Å². The van der Waals surface area contributed by atoms with Crippen LogP contribution in [0.3, 0.4) is 0 Å². The van der Waals surface area contributed by atoms with Crippen LogP contribution in [0.25, 0.3) is 0 Å². The van der Waals surface area contributed by atoms with E-state index in [2.05, 4.69) is 11.8 Å². The number of hydrogen-bond acceptors (Lipinski definition) is 3. The smallest absolute Gasteiger partial charge is 0.136 e. The van der Waals surface area contributed by atoms with Crippen LogP contribution in [0.2, 0.25) is 0 Å². The van der Waals surface area contributed by atoms with E-state index in [0.29, 0.717) is 12.1 Å². The molecular formula is C17H27FN2S. The number of rotatable bonds is 7. The van der Waals surface area contributed by atoms with Crippen molar-refractivity contribution in [3.63, 3.8) is 0 Å². The Morgan fingerprint density at radius 2 is 1.90 bits per heavy atom. The first-order valence-corrected chi connectivity index (χ1v) is 9.06. The van der Waals surface area contributed by atoms with Crippen LogP contribution in [-0.2, 0) is 0 Å². The van der Waals surface area contributed by atoms with Gasteiger partial charge < -0.3 is 5.73 Å². The number of hydrogen-bond donors (Lipinski definition) is 1. The first-order chi connectivity index (χ1) is 10.2. The molecule has 0 unspecified atom stereocenters. The lowest BCUT2D eigenvalue weighted by Gasteiger charge is -2.36. The fraction of sp³-hybridized carbons (Fsp3) is 0.647. The summed E-state index contributed by atoms with van der Waals surface area (Å²) in [6, 6.07) is 8.12. The van der Waals surface area contributed by atoms with Crippen molar-refractivity contribution < 1.29 is 4.39 Å². The highest BCUT2D eigenvalue weighted by atomic mass is 32.2. The van der Waals surface area contributed by atoms with Gasteiger partial charge in [0.25, 0.3) is 0 Å². The Labute approximate surface area is 132 Å². The number of halogens is 1. The van der Waals surface area contributed by atoms with Crippen molar-refractivity contribution in [3.8, 4) is 0 Å². The van der Waals surface area contributed by atoms with Crippen LogP contribution in [0.1, 0.15) is 39.0 Å². The molecule has 4 heteroatoms. The highest BCUT2D eigenvalue weighted by Gasteiger charge is 2.23. The summed E-state index contributed by atoms with van der Waals surface area (Å²) in [6.45, 7) is 4.40. The number of thioether (sulfide) groups is 1. The quantitative estimate of drug-likeness (QED) is 0.775. The molecule has 1 aromatic rings. The average Bonchev–Trinajstić information content (AvgIpc) is 2.49. The summed E-state index contributed by atoms with van der Waals surface area (Å²) in [4.78, 5) is 3.35. The summed E-state index contributed by atoms with van der Waals surface area (Å²) in [5.74, 6) is 0.844. The van der Waals surface area contributed by atoms with Gasteiger partial charge in [0.1, 0.15) is 5.82 Å². The van der Waals surface area contributed by atoms with E-state index >= 15 is 0 Å². The van der Waals surface area contributed by atoms with Gasteiger partial charge in [0.2, 0.25) is 0 Å². The zero-order valence-electron chi connectivity index (χ0n) is 12.9. The van der Waals surface area contributed by atoms with Gasteiger partial charge in [-0.05, 0) is 50.8 Å². The summed E-state index contributed by atoms with van der Waals surface area (Å²) in [7, 11) is 0. The lowest BCUT2D eigenvalue weighted by molar-refractivity contribution is 0.158. The zero-order valence-corrected chi connectivity index (χ0v) is 13.7. The molecule has 1 saturated carbocycles. The average molecular weight is 310 g/mol. The maximum absolute atomic E-state index is 13.6. The molecule has 2 N–H and O–H groups in total. The van der Waals surface area contributed by atoms with Crippen molar-refractivity contribution in [2.24, 2.45) is 5.73 Å². The second-order valence-electron chi connectivity index (χ2n) is 5.88. The van der Waals surface area contributed by atoms with E-state index in [9.17, 15) is 4.39 Å². The van der Waals surface area contributed by atoms with Gasteiger partial charge in [-0.1, -0.05) is 19.1 Å². The van der Waals surface area contributed by atoms with Crippen LogP contribution < -0.4 is 5.73 Å². The first kappa shape index (κ1) is 16.8. The Bertz CT molecular complexity index is 419. The molecule has 0 saturated heterocycles. The van der Waals surface area contributed by atoms with Gasteiger partial charge in [0.15, 0.2) is 0 Å². The molecule has 1 aliphatic carbocycles. The minimum Gasteiger partial charge on any atom is -0.328 e. The van der Waals surface area contributed by atoms with Crippen molar-refractivity contribution in [1.29, 1.82) is 0 Å². The molecule has 0 amide bonds. The van der Waals surface area contributed by atoms with Crippen molar-refractivity contribution in [1.82, 2.24) is 4.90 Å². The molecule has 0 aliphatic heterocycles. The summed E-state index contributed by atoms with van der Waals surface area (Å²) < 4.78 is 13.6. The Hall–Kier alpha value is -0.580. The molecule has 0 aromatic heterocycles. The van der Waals surface area contributed by atoms with Gasteiger partial charge >= 0.3 is 0 Å². The number of nitrogens with two attached hydrogens (primary N) is 1. The van der Waals surface area contributed by atoms with E-state index < -0.39 is 0 Å². The van der Waals surface area contributed by atoms with Gasteiger partial charge in [-0.25, -0.2) is 4.39 Å². The summed E-state index contributed by atoms with van der Waals surface area (Å²) in [5.41, 5.74) is 6.00. The molecule has 1 fully saturated rings. The molecule has 118 valence electrons. The molecule has 1 aliphatic rings. The molecule has 0 spiro atoms. The van der Waals surface area contributed by atoms with Crippen LogP contribution >= 0.6 is 11.8 Å². The zero-order chi connectivity index (χ0) is 15.1. The molecule has 2 rings (SSSR count). The van der Waals surface area contributed by atoms with E-state index in [1.54, 1.807) is 17.8 Å². The van der Waals surface area contributed by atoms with Crippen molar-refractivity contribution in [3.05, 3.63) is 30.1 Å². The fourth-order valence-corrected chi connectivity index (χ4v) is 3.99. The van der Waals surface area contributed by atoms with Gasteiger partial charge in [-0.3, -0.25) is 4.90 Å². The Balaban J connectivity index is 1.81. The minimum atomic E-state index is -0.104. The molecule has 0 atom stereocenters. The molecule has 0 radical (unpaired) electrons. The third kappa shape index (κ3) is 5.28. The second-order valence-corrected chi connectivity index (χ2v) is 7.02. The molecule has 0 bridgehead atoms. The molecule has 2 nitrogen and oxygen atoms in total. The summed E-state index contributed by atoms with van der Waals surface area (Å²) in [6.07, 6.45) is 5.89. The molecular weight excluding hydrogens is 283 g/mol. The molecule has 21 heavy (non-hydrogen) atoms. The highest BCUT2D eigenvalue weighted by molar-refractivity contribution is 7.99. The number of benzene rings is 1. The molecule has 0 heterocycles. The van der Waals surface area contributed by atoms with Crippen LogP contribution in [0, 0.1) is 5.82 Å². The predicted molar refractivity (Wildman–Crippen MR) is 89.2 cm³/mol. The predicted octanol–water partition coefficient (Wildman–Crippen LogP) is 3.90. The highest BCUT2D eigenvalue weighted by Crippen LogP contribution is 2.25. The SMILES string of the molecule is CCCN(CCSc1ccccc1F)C1CCC(N)CC1. The summed E-state index contributed by atoms with van der Waals surface area (Å²) in [5, 5.41) is 0. The maximum Gasteiger partial charge on any atom is 0.136 e. The fourth-order valence-electron chi connectivity index (χ4n) is 3.07. The van der Waals surface area contributed by atoms with E-state index in [1.165, 1.54) is 25.3 Å². The Morgan fingerprint density at radius 1 is 1.19 bits per heavy atom. The van der Waals surface area contributed by atoms with E-state index in [4.69, 9.17) is 5.73 Å². The maximum atomic E-state index is 13.6.